The topological polar surface area (TPSA) is 71.8 Å². The largest absolute Gasteiger partial charge is 0.390 e. The number of rotatable bonds is 8. The second-order valence-electron chi connectivity index (χ2n) is 7.06. The number of halogens is 1. The van der Waals surface area contributed by atoms with E-state index < -0.39 is 16.1 Å². The SMILES string of the molecule is COCCN(CC(O)Cn1c2ccc(C)cc2c2cc(F)ccc21)S(C)(=O)=O. The van der Waals surface area contributed by atoms with Crippen LogP contribution in [0.4, 0.5) is 4.39 Å². The summed E-state index contributed by atoms with van der Waals surface area (Å²) in [7, 11) is -1.98. The number of aromatic nitrogens is 1. The second-order valence-corrected chi connectivity index (χ2v) is 9.04. The molecule has 6 nitrogen and oxygen atoms in total. The molecular weight excluding hydrogens is 383 g/mol. The van der Waals surface area contributed by atoms with Gasteiger partial charge in [-0.2, -0.15) is 4.31 Å². The first kappa shape index (κ1) is 20.7. The molecule has 0 amide bonds. The minimum Gasteiger partial charge on any atom is -0.390 e. The van der Waals surface area contributed by atoms with Gasteiger partial charge in [0.15, 0.2) is 0 Å². The maximum Gasteiger partial charge on any atom is 0.211 e. The second kappa shape index (κ2) is 8.16. The van der Waals surface area contributed by atoms with Crippen LogP contribution in [0, 0.1) is 12.7 Å². The van der Waals surface area contributed by atoms with Crippen LogP contribution in [0.2, 0.25) is 0 Å². The van der Waals surface area contributed by atoms with Gasteiger partial charge in [0.05, 0.1) is 25.5 Å². The summed E-state index contributed by atoms with van der Waals surface area (Å²) < 4.78 is 45.9. The van der Waals surface area contributed by atoms with E-state index in [4.69, 9.17) is 4.74 Å². The first-order chi connectivity index (χ1) is 13.2. The van der Waals surface area contributed by atoms with Gasteiger partial charge in [0.25, 0.3) is 0 Å². The predicted molar refractivity (Wildman–Crippen MR) is 108 cm³/mol. The zero-order valence-electron chi connectivity index (χ0n) is 16.2. The van der Waals surface area contributed by atoms with Gasteiger partial charge in [-0.05, 0) is 37.3 Å². The van der Waals surface area contributed by atoms with Gasteiger partial charge < -0.3 is 14.4 Å². The zero-order valence-corrected chi connectivity index (χ0v) is 17.0. The van der Waals surface area contributed by atoms with Crippen LogP contribution in [0.1, 0.15) is 5.56 Å². The lowest BCUT2D eigenvalue weighted by Gasteiger charge is -2.23. The number of aliphatic hydroxyl groups is 1. The molecule has 0 fully saturated rings. The van der Waals surface area contributed by atoms with Gasteiger partial charge in [-0.1, -0.05) is 11.6 Å². The number of ether oxygens (including phenoxy) is 1. The van der Waals surface area contributed by atoms with Gasteiger partial charge in [0, 0.05) is 42.0 Å². The number of aryl methyl sites for hydroxylation is 1. The number of fused-ring (bicyclic) bond motifs is 3. The summed E-state index contributed by atoms with van der Waals surface area (Å²) in [4.78, 5) is 0. The molecule has 28 heavy (non-hydrogen) atoms. The van der Waals surface area contributed by atoms with Crippen LogP contribution in [0.3, 0.4) is 0 Å². The van der Waals surface area contributed by atoms with E-state index in [9.17, 15) is 17.9 Å². The fourth-order valence-corrected chi connectivity index (χ4v) is 4.33. The minimum atomic E-state index is -3.47. The van der Waals surface area contributed by atoms with Crippen molar-refractivity contribution >= 4 is 31.8 Å². The van der Waals surface area contributed by atoms with Crippen molar-refractivity contribution < 1.29 is 22.7 Å². The summed E-state index contributed by atoms with van der Waals surface area (Å²) >= 11 is 0. The number of sulfonamides is 1. The smallest absolute Gasteiger partial charge is 0.211 e. The average molecular weight is 408 g/mol. The van der Waals surface area contributed by atoms with E-state index in [1.165, 1.54) is 23.5 Å². The molecule has 0 saturated carbocycles. The van der Waals surface area contributed by atoms with Crippen molar-refractivity contribution in [1.29, 1.82) is 0 Å². The van der Waals surface area contributed by atoms with Crippen molar-refractivity contribution in [2.45, 2.75) is 19.6 Å². The van der Waals surface area contributed by atoms with E-state index in [2.05, 4.69) is 0 Å². The molecule has 0 radical (unpaired) electrons. The van der Waals surface area contributed by atoms with Crippen molar-refractivity contribution in [3.05, 3.63) is 47.8 Å². The molecule has 1 N–H and O–H groups in total. The van der Waals surface area contributed by atoms with Crippen molar-refractivity contribution in [2.75, 3.05) is 33.1 Å². The lowest BCUT2D eigenvalue weighted by Crippen LogP contribution is -2.40. The van der Waals surface area contributed by atoms with Gasteiger partial charge in [0.2, 0.25) is 10.0 Å². The third-order valence-corrected chi connectivity index (χ3v) is 6.07. The van der Waals surface area contributed by atoms with E-state index in [0.717, 1.165) is 33.6 Å². The molecule has 0 spiro atoms. The highest BCUT2D eigenvalue weighted by atomic mass is 32.2. The average Bonchev–Trinajstić information content (AvgIpc) is 2.90. The Hall–Kier alpha value is -2.00. The van der Waals surface area contributed by atoms with Gasteiger partial charge in [-0.25, -0.2) is 12.8 Å². The third-order valence-electron chi connectivity index (χ3n) is 4.80. The maximum atomic E-state index is 13.8. The van der Waals surface area contributed by atoms with Crippen molar-refractivity contribution in [2.24, 2.45) is 0 Å². The Morgan fingerprint density at radius 2 is 1.82 bits per heavy atom. The highest BCUT2D eigenvalue weighted by molar-refractivity contribution is 7.88. The Balaban J connectivity index is 1.96. The third kappa shape index (κ3) is 4.35. The van der Waals surface area contributed by atoms with Crippen LogP contribution in [-0.4, -0.2) is 61.6 Å². The number of methoxy groups -OCH3 is 1. The zero-order chi connectivity index (χ0) is 20.5. The molecule has 8 heteroatoms. The van der Waals surface area contributed by atoms with Crippen LogP contribution < -0.4 is 0 Å². The standard InChI is InChI=1S/C20H25FN2O4S/c1-14-4-6-19-17(10-14)18-11-15(21)5-7-20(18)23(19)13-16(24)12-22(8-9-27-2)28(3,25)26/h4-7,10-11,16,24H,8-9,12-13H2,1-3H3. The summed E-state index contributed by atoms with van der Waals surface area (Å²) in [6.45, 7) is 2.53. The number of benzene rings is 2. The normalized spacial score (nSPS) is 13.6. The number of hydrogen-bond donors (Lipinski definition) is 1. The summed E-state index contributed by atoms with van der Waals surface area (Å²) in [5.41, 5.74) is 2.72. The fraction of sp³-hybridized carbons (Fsp3) is 0.400. The van der Waals surface area contributed by atoms with E-state index in [-0.39, 0.29) is 32.1 Å². The van der Waals surface area contributed by atoms with E-state index >= 15 is 0 Å². The molecule has 152 valence electrons. The molecule has 2 aromatic carbocycles. The molecule has 1 atom stereocenters. The van der Waals surface area contributed by atoms with Crippen LogP contribution in [0.25, 0.3) is 21.8 Å². The van der Waals surface area contributed by atoms with Gasteiger partial charge >= 0.3 is 0 Å². The monoisotopic (exact) mass is 408 g/mol. The molecule has 0 bridgehead atoms. The Morgan fingerprint density at radius 1 is 1.18 bits per heavy atom. The summed E-state index contributed by atoms with van der Waals surface area (Å²) in [5, 5.41) is 12.3. The lowest BCUT2D eigenvalue weighted by molar-refractivity contribution is 0.115. The minimum absolute atomic E-state index is 0.0452. The van der Waals surface area contributed by atoms with Gasteiger partial charge in [-0.15, -0.1) is 0 Å². The molecule has 0 aliphatic rings. The Kier molecular flexibility index (Phi) is 6.04. The molecule has 3 aromatic rings. The first-order valence-corrected chi connectivity index (χ1v) is 10.9. The number of nitrogens with zero attached hydrogens (tertiary/aromatic N) is 2. The molecule has 3 rings (SSSR count). The Bertz CT molecular complexity index is 1040. The quantitative estimate of drug-likeness (QED) is 0.622. The molecule has 0 saturated heterocycles. The molecule has 0 aliphatic heterocycles. The van der Waals surface area contributed by atoms with Crippen LogP contribution in [0.5, 0.6) is 0 Å². The molecular formula is C20H25FN2O4S. The summed E-state index contributed by atoms with van der Waals surface area (Å²) in [6.07, 6.45) is 0.179. The maximum absolute atomic E-state index is 13.8. The van der Waals surface area contributed by atoms with E-state index in [1.54, 1.807) is 6.07 Å². The summed E-state index contributed by atoms with van der Waals surface area (Å²) in [5.74, 6) is -0.323. The van der Waals surface area contributed by atoms with E-state index in [0.29, 0.717) is 0 Å². The molecule has 1 aromatic heterocycles. The highest BCUT2D eigenvalue weighted by Gasteiger charge is 2.22. The fourth-order valence-electron chi connectivity index (χ4n) is 3.48. The first-order valence-electron chi connectivity index (χ1n) is 9.01. The van der Waals surface area contributed by atoms with Gasteiger partial charge in [0.1, 0.15) is 5.82 Å². The van der Waals surface area contributed by atoms with E-state index in [1.807, 2.05) is 29.7 Å². The molecule has 1 heterocycles. The number of aliphatic hydroxyl groups excluding tert-OH is 1. The van der Waals surface area contributed by atoms with Crippen molar-refractivity contribution in [1.82, 2.24) is 8.87 Å². The summed E-state index contributed by atoms with van der Waals surface area (Å²) in [6, 6.07) is 10.4. The predicted octanol–water partition coefficient (Wildman–Crippen LogP) is 2.51. The van der Waals surface area contributed by atoms with Crippen LogP contribution in [0.15, 0.2) is 36.4 Å². The Morgan fingerprint density at radius 3 is 2.46 bits per heavy atom. The van der Waals surface area contributed by atoms with Crippen molar-refractivity contribution in [3.8, 4) is 0 Å². The van der Waals surface area contributed by atoms with Crippen LogP contribution >= 0.6 is 0 Å². The molecule has 1 unspecified atom stereocenters. The Labute approximate surface area is 164 Å². The molecule has 0 aliphatic carbocycles. The van der Waals surface area contributed by atoms with Crippen LogP contribution in [-0.2, 0) is 21.3 Å². The van der Waals surface area contributed by atoms with Crippen molar-refractivity contribution in [3.63, 3.8) is 0 Å². The lowest BCUT2D eigenvalue weighted by atomic mass is 10.1. The van der Waals surface area contributed by atoms with Gasteiger partial charge in [-0.3, -0.25) is 0 Å². The highest BCUT2D eigenvalue weighted by Crippen LogP contribution is 2.30. The number of hydrogen-bond acceptors (Lipinski definition) is 4.